The third-order valence-corrected chi connectivity index (χ3v) is 5.89. The van der Waals surface area contributed by atoms with Crippen molar-refractivity contribution in [3.63, 3.8) is 0 Å². The Morgan fingerprint density at radius 1 is 0.938 bits per heavy atom. The van der Waals surface area contributed by atoms with Crippen molar-refractivity contribution in [3.8, 4) is 0 Å². The lowest BCUT2D eigenvalue weighted by Crippen LogP contribution is -2.49. The van der Waals surface area contributed by atoms with E-state index < -0.39 is 10.2 Å². The lowest BCUT2D eigenvalue weighted by Gasteiger charge is -2.31. The summed E-state index contributed by atoms with van der Waals surface area (Å²) >= 11 is 1.83. The smallest absolute Gasteiger partial charge is 0.282 e. The van der Waals surface area contributed by atoms with Gasteiger partial charge in [-0.2, -0.15) is 28.8 Å². The molecule has 0 radical (unpaired) electrons. The first-order valence-electron chi connectivity index (χ1n) is 5.62. The summed E-state index contributed by atoms with van der Waals surface area (Å²) in [6.45, 7) is 3.32. The van der Waals surface area contributed by atoms with Crippen LogP contribution in [0, 0.1) is 0 Å². The maximum absolute atomic E-state index is 12.3. The summed E-state index contributed by atoms with van der Waals surface area (Å²) in [5, 5.41) is 0. The van der Waals surface area contributed by atoms with Gasteiger partial charge in [0.1, 0.15) is 0 Å². The maximum Gasteiger partial charge on any atom is 0.282 e. The Kier molecular flexibility index (Phi) is 4.48. The Morgan fingerprint density at radius 3 is 2.38 bits per heavy atom. The maximum atomic E-state index is 12.3. The van der Waals surface area contributed by atoms with Gasteiger partial charge in [0.05, 0.1) is 13.2 Å². The van der Waals surface area contributed by atoms with Crippen molar-refractivity contribution in [2.24, 2.45) is 0 Å². The molecular weight excluding hydrogens is 248 g/mol. The normalized spacial score (nSPS) is 26.5. The molecule has 2 aliphatic heterocycles. The van der Waals surface area contributed by atoms with Crippen LogP contribution in [0.1, 0.15) is 6.42 Å². The molecule has 16 heavy (non-hydrogen) atoms. The highest BCUT2D eigenvalue weighted by molar-refractivity contribution is 7.99. The number of ether oxygens (including phenoxy) is 1. The molecule has 2 saturated heterocycles. The molecule has 7 heteroatoms. The van der Waals surface area contributed by atoms with Crippen molar-refractivity contribution >= 4 is 22.0 Å². The Bertz CT molecular complexity index is 307. The lowest BCUT2D eigenvalue weighted by atomic mass is 10.5. The molecule has 0 bridgehead atoms. The third kappa shape index (κ3) is 2.89. The Morgan fingerprint density at radius 2 is 1.62 bits per heavy atom. The second kappa shape index (κ2) is 5.68. The van der Waals surface area contributed by atoms with E-state index in [2.05, 4.69) is 0 Å². The van der Waals surface area contributed by atoms with Gasteiger partial charge in [0.15, 0.2) is 0 Å². The zero-order chi connectivity index (χ0) is 11.4. The van der Waals surface area contributed by atoms with Gasteiger partial charge < -0.3 is 4.74 Å². The lowest BCUT2D eigenvalue weighted by molar-refractivity contribution is 0.0703. The Labute approximate surface area is 101 Å². The SMILES string of the molecule is O=S(=O)(N1CCOCC1)N1CCCSCC1. The van der Waals surface area contributed by atoms with Gasteiger partial charge in [0.2, 0.25) is 0 Å². The number of morpholine rings is 1. The van der Waals surface area contributed by atoms with Gasteiger partial charge in [0, 0.05) is 31.9 Å². The number of hydrogen-bond donors (Lipinski definition) is 0. The van der Waals surface area contributed by atoms with Crippen LogP contribution < -0.4 is 0 Å². The minimum atomic E-state index is -3.24. The number of hydrogen-bond acceptors (Lipinski definition) is 4. The molecule has 2 heterocycles. The van der Waals surface area contributed by atoms with Gasteiger partial charge >= 0.3 is 0 Å². The Balaban J connectivity index is 2.03. The summed E-state index contributed by atoms with van der Waals surface area (Å²) < 4.78 is 32.9. The molecule has 0 aliphatic carbocycles. The van der Waals surface area contributed by atoms with Crippen molar-refractivity contribution in [1.29, 1.82) is 0 Å². The summed E-state index contributed by atoms with van der Waals surface area (Å²) in [4.78, 5) is 0. The minimum absolute atomic E-state index is 0.492. The topological polar surface area (TPSA) is 49.9 Å². The molecule has 0 unspecified atom stereocenters. The van der Waals surface area contributed by atoms with Gasteiger partial charge in [-0.1, -0.05) is 0 Å². The van der Waals surface area contributed by atoms with Crippen LogP contribution >= 0.6 is 11.8 Å². The van der Waals surface area contributed by atoms with Crippen LogP contribution in [0.15, 0.2) is 0 Å². The first-order valence-corrected chi connectivity index (χ1v) is 8.17. The molecule has 0 amide bonds. The van der Waals surface area contributed by atoms with E-state index in [1.54, 1.807) is 8.61 Å². The number of nitrogens with zero attached hydrogens (tertiary/aromatic N) is 2. The average molecular weight is 266 g/mol. The monoisotopic (exact) mass is 266 g/mol. The van der Waals surface area contributed by atoms with Crippen LogP contribution in [0.4, 0.5) is 0 Å². The largest absolute Gasteiger partial charge is 0.379 e. The molecular formula is C9H18N2O3S2. The quantitative estimate of drug-likeness (QED) is 0.706. The van der Waals surface area contributed by atoms with Crippen LogP contribution in [0.25, 0.3) is 0 Å². The molecule has 0 aromatic heterocycles. The molecule has 2 rings (SSSR count). The molecule has 0 atom stereocenters. The molecule has 0 aromatic carbocycles. The number of thioether (sulfide) groups is 1. The predicted octanol–water partition coefficient (Wildman–Crippen LogP) is 0.00230. The van der Waals surface area contributed by atoms with E-state index in [-0.39, 0.29) is 0 Å². The van der Waals surface area contributed by atoms with Crippen LogP contribution in [-0.2, 0) is 14.9 Å². The number of rotatable bonds is 2. The van der Waals surface area contributed by atoms with Gasteiger partial charge in [-0.25, -0.2) is 0 Å². The molecule has 0 spiro atoms. The van der Waals surface area contributed by atoms with Crippen molar-refractivity contribution in [2.45, 2.75) is 6.42 Å². The molecule has 2 fully saturated rings. The molecule has 0 saturated carbocycles. The summed E-state index contributed by atoms with van der Waals surface area (Å²) in [6.07, 6.45) is 0.953. The molecule has 5 nitrogen and oxygen atoms in total. The molecule has 94 valence electrons. The fourth-order valence-electron chi connectivity index (χ4n) is 1.89. The van der Waals surface area contributed by atoms with E-state index in [9.17, 15) is 8.42 Å². The second-order valence-electron chi connectivity index (χ2n) is 3.88. The van der Waals surface area contributed by atoms with Crippen LogP contribution in [-0.4, -0.2) is 67.9 Å². The highest BCUT2D eigenvalue weighted by Gasteiger charge is 2.30. The zero-order valence-electron chi connectivity index (χ0n) is 9.30. The Hall–Kier alpha value is 0.180. The minimum Gasteiger partial charge on any atom is -0.379 e. The van der Waals surface area contributed by atoms with Crippen LogP contribution in [0.3, 0.4) is 0 Å². The summed E-state index contributed by atoms with van der Waals surface area (Å²) in [6, 6.07) is 0. The highest BCUT2D eigenvalue weighted by atomic mass is 32.2. The first kappa shape index (κ1) is 12.6. The van der Waals surface area contributed by atoms with E-state index in [0.717, 1.165) is 17.9 Å². The fourth-order valence-corrected chi connectivity index (χ4v) is 4.52. The van der Waals surface area contributed by atoms with Gasteiger partial charge in [-0.3, -0.25) is 0 Å². The van der Waals surface area contributed by atoms with E-state index in [4.69, 9.17) is 4.74 Å². The van der Waals surface area contributed by atoms with Crippen molar-refractivity contribution in [3.05, 3.63) is 0 Å². The summed E-state index contributed by atoms with van der Waals surface area (Å²) in [5.74, 6) is 1.97. The third-order valence-electron chi connectivity index (χ3n) is 2.80. The standard InChI is InChI=1S/C9H18N2O3S2/c12-16(13,11-3-6-14-7-4-11)10-2-1-8-15-9-5-10/h1-9H2. The van der Waals surface area contributed by atoms with Crippen LogP contribution in [0.5, 0.6) is 0 Å². The van der Waals surface area contributed by atoms with Gasteiger partial charge in [-0.05, 0) is 12.2 Å². The molecule has 0 N–H and O–H groups in total. The van der Waals surface area contributed by atoms with E-state index in [1.807, 2.05) is 11.8 Å². The molecule has 0 aromatic rings. The predicted molar refractivity (Wildman–Crippen MR) is 64.8 cm³/mol. The molecule has 2 aliphatic rings. The summed E-state index contributed by atoms with van der Waals surface area (Å²) in [5.41, 5.74) is 0. The first-order chi connectivity index (χ1) is 7.71. The van der Waals surface area contributed by atoms with E-state index in [0.29, 0.717) is 39.4 Å². The average Bonchev–Trinajstić information content (AvgIpc) is 2.59. The van der Waals surface area contributed by atoms with Crippen molar-refractivity contribution < 1.29 is 13.2 Å². The van der Waals surface area contributed by atoms with Gasteiger partial charge in [-0.15, -0.1) is 0 Å². The zero-order valence-corrected chi connectivity index (χ0v) is 10.9. The fraction of sp³-hybridized carbons (Fsp3) is 1.00. The van der Waals surface area contributed by atoms with Gasteiger partial charge in [0.25, 0.3) is 10.2 Å². The summed E-state index contributed by atoms with van der Waals surface area (Å²) in [7, 11) is -3.24. The van der Waals surface area contributed by atoms with Crippen molar-refractivity contribution in [1.82, 2.24) is 8.61 Å². The van der Waals surface area contributed by atoms with E-state index in [1.165, 1.54) is 0 Å². The van der Waals surface area contributed by atoms with Crippen molar-refractivity contribution in [2.75, 3.05) is 50.9 Å². The second-order valence-corrected chi connectivity index (χ2v) is 7.04. The van der Waals surface area contributed by atoms with E-state index >= 15 is 0 Å². The highest BCUT2D eigenvalue weighted by Crippen LogP contribution is 2.16. The van der Waals surface area contributed by atoms with Crippen LogP contribution in [0.2, 0.25) is 0 Å².